The molecule has 0 spiro atoms. The van der Waals surface area contributed by atoms with Gasteiger partial charge in [0.25, 0.3) is 0 Å². The van der Waals surface area contributed by atoms with Gasteiger partial charge in [-0.2, -0.15) is 0 Å². The van der Waals surface area contributed by atoms with E-state index in [1.807, 2.05) is 0 Å². The normalized spacial score (nSPS) is 9.17. The highest BCUT2D eigenvalue weighted by Crippen LogP contribution is 1.98. The summed E-state index contributed by atoms with van der Waals surface area (Å²) in [5, 5.41) is 1.10. The van der Waals surface area contributed by atoms with Gasteiger partial charge in [-0.15, -0.1) is 23.4 Å². The van der Waals surface area contributed by atoms with Crippen molar-refractivity contribution in [1.82, 2.24) is 0 Å². The Morgan fingerprint density at radius 1 is 0.917 bits per heavy atom. The summed E-state index contributed by atoms with van der Waals surface area (Å²) in [4.78, 5) is 0. The SMILES string of the molecule is ClCCCCC#CCCCCBr. The Bertz CT molecular complexity index is 121. The van der Waals surface area contributed by atoms with Crippen LogP contribution < -0.4 is 0 Å². The van der Waals surface area contributed by atoms with Gasteiger partial charge in [-0.1, -0.05) is 15.9 Å². The van der Waals surface area contributed by atoms with Crippen LogP contribution in [0.25, 0.3) is 0 Å². The molecule has 0 bridgehead atoms. The number of unbranched alkanes of at least 4 members (excludes halogenated alkanes) is 4. The smallest absolute Gasteiger partial charge is 0.0223 e. The van der Waals surface area contributed by atoms with Gasteiger partial charge in [-0.25, -0.2) is 0 Å². The number of halogens is 2. The largest absolute Gasteiger partial charge is 0.127 e. The van der Waals surface area contributed by atoms with Crippen LogP contribution in [0.4, 0.5) is 0 Å². The van der Waals surface area contributed by atoms with Crippen molar-refractivity contribution in [2.24, 2.45) is 0 Å². The van der Waals surface area contributed by atoms with Crippen LogP contribution in [0.15, 0.2) is 0 Å². The van der Waals surface area contributed by atoms with Crippen molar-refractivity contribution in [2.75, 3.05) is 11.2 Å². The van der Waals surface area contributed by atoms with Crippen LogP contribution in [0.2, 0.25) is 0 Å². The number of alkyl halides is 2. The molecular weight excluding hydrogens is 235 g/mol. The van der Waals surface area contributed by atoms with Gasteiger partial charge in [0, 0.05) is 24.1 Å². The van der Waals surface area contributed by atoms with Crippen LogP contribution in [0, 0.1) is 11.8 Å². The zero-order valence-electron chi connectivity index (χ0n) is 7.41. The lowest BCUT2D eigenvalue weighted by molar-refractivity contribution is 0.823. The fourth-order valence-electron chi connectivity index (χ4n) is 0.793. The average Bonchev–Trinajstić information content (AvgIpc) is 2.10. The molecule has 0 heterocycles. The molecule has 0 aromatic carbocycles. The summed E-state index contributed by atoms with van der Waals surface area (Å²) < 4.78 is 0. The Kier molecular flexibility index (Phi) is 11.6. The van der Waals surface area contributed by atoms with Crippen molar-refractivity contribution in [1.29, 1.82) is 0 Å². The summed E-state index contributed by atoms with van der Waals surface area (Å²) in [6, 6.07) is 0. The number of hydrogen-bond acceptors (Lipinski definition) is 0. The second kappa shape index (κ2) is 11.3. The van der Waals surface area contributed by atoms with E-state index < -0.39 is 0 Å². The third kappa shape index (κ3) is 10.3. The van der Waals surface area contributed by atoms with Gasteiger partial charge in [0.05, 0.1) is 0 Å². The predicted octanol–water partition coefficient (Wildman–Crippen LogP) is 3.96. The Balaban J connectivity index is 3.01. The molecule has 0 atom stereocenters. The molecule has 0 radical (unpaired) electrons. The molecule has 0 aromatic rings. The maximum atomic E-state index is 5.53. The molecule has 0 aromatic heterocycles. The Hall–Kier alpha value is 0.330. The first-order valence-corrected chi connectivity index (χ1v) is 6.15. The van der Waals surface area contributed by atoms with Crippen LogP contribution >= 0.6 is 27.5 Å². The van der Waals surface area contributed by atoms with Crippen molar-refractivity contribution in [3.63, 3.8) is 0 Å². The number of hydrogen-bond donors (Lipinski definition) is 0. The molecule has 0 aliphatic heterocycles. The maximum Gasteiger partial charge on any atom is 0.0223 e. The zero-order chi connectivity index (χ0) is 9.07. The second-order valence-corrected chi connectivity index (χ2v) is 3.82. The standard InChI is InChI=1S/C10H16BrCl/c11-9-7-5-3-1-2-4-6-8-10-12/h3-10H2. The van der Waals surface area contributed by atoms with Gasteiger partial charge in [0.1, 0.15) is 0 Å². The van der Waals surface area contributed by atoms with Gasteiger partial charge in [0.15, 0.2) is 0 Å². The Labute approximate surface area is 89.2 Å². The molecule has 2 heteroatoms. The van der Waals surface area contributed by atoms with Crippen LogP contribution in [-0.4, -0.2) is 11.2 Å². The van der Waals surface area contributed by atoms with Crippen LogP contribution in [0.5, 0.6) is 0 Å². The van der Waals surface area contributed by atoms with Gasteiger partial charge in [-0.05, 0) is 25.7 Å². The lowest BCUT2D eigenvalue weighted by Crippen LogP contribution is -1.76. The summed E-state index contributed by atoms with van der Waals surface area (Å²) >= 11 is 8.92. The first-order valence-electron chi connectivity index (χ1n) is 4.49. The van der Waals surface area contributed by atoms with E-state index in [9.17, 15) is 0 Å². The molecule has 0 saturated carbocycles. The minimum atomic E-state index is 0.769. The lowest BCUT2D eigenvalue weighted by Gasteiger charge is -1.89. The monoisotopic (exact) mass is 250 g/mol. The van der Waals surface area contributed by atoms with Crippen LogP contribution in [0.3, 0.4) is 0 Å². The molecule has 12 heavy (non-hydrogen) atoms. The molecule has 70 valence electrons. The number of rotatable bonds is 6. The van der Waals surface area contributed by atoms with E-state index in [2.05, 4.69) is 27.8 Å². The minimum Gasteiger partial charge on any atom is -0.127 e. The quantitative estimate of drug-likeness (QED) is 0.381. The topological polar surface area (TPSA) is 0 Å². The van der Waals surface area contributed by atoms with E-state index in [4.69, 9.17) is 11.6 Å². The summed E-state index contributed by atoms with van der Waals surface area (Å²) in [5.74, 6) is 7.09. The Morgan fingerprint density at radius 3 is 2.00 bits per heavy atom. The van der Waals surface area contributed by atoms with E-state index in [1.54, 1.807) is 0 Å². The van der Waals surface area contributed by atoms with Gasteiger partial charge < -0.3 is 0 Å². The fraction of sp³-hybridized carbons (Fsp3) is 0.800. The van der Waals surface area contributed by atoms with Gasteiger partial charge in [0.2, 0.25) is 0 Å². The summed E-state index contributed by atoms with van der Waals surface area (Å²) in [6.45, 7) is 0. The summed E-state index contributed by atoms with van der Waals surface area (Å²) in [6.07, 6.45) is 6.75. The molecule has 0 rings (SSSR count). The van der Waals surface area contributed by atoms with Crippen LogP contribution in [-0.2, 0) is 0 Å². The summed E-state index contributed by atoms with van der Waals surface area (Å²) in [5.41, 5.74) is 0. The van der Waals surface area contributed by atoms with Crippen LogP contribution in [0.1, 0.15) is 38.5 Å². The van der Waals surface area contributed by atoms with E-state index in [0.717, 1.165) is 36.9 Å². The Morgan fingerprint density at radius 2 is 1.50 bits per heavy atom. The first kappa shape index (κ1) is 12.3. The summed E-state index contributed by atoms with van der Waals surface area (Å²) in [7, 11) is 0. The molecule has 0 N–H and O–H groups in total. The third-order valence-corrected chi connectivity index (χ3v) is 2.32. The molecule has 0 nitrogen and oxygen atoms in total. The lowest BCUT2D eigenvalue weighted by atomic mass is 10.2. The van der Waals surface area contributed by atoms with E-state index in [-0.39, 0.29) is 0 Å². The molecule has 0 unspecified atom stereocenters. The van der Waals surface area contributed by atoms with Crippen molar-refractivity contribution in [2.45, 2.75) is 38.5 Å². The van der Waals surface area contributed by atoms with E-state index in [0.29, 0.717) is 0 Å². The highest BCUT2D eigenvalue weighted by Gasteiger charge is 1.83. The molecule has 0 fully saturated rings. The molecule has 0 aliphatic rings. The minimum absolute atomic E-state index is 0.769. The van der Waals surface area contributed by atoms with Gasteiger partial charge >= 0.3 is 0 Å². The molecule has 0 saturated heterocycles. The highest BCUT2D eigenvalue weighted by molar-refractivity contribution is 9.09. The zero-order valence-corrected chi connectivity index (χ0v) is 9.75. The average molecular weight is 252 g/mol. The highest BCUT2D eigenvalue weighted by atomic mass is 79.9. The van der Waals surface area contributed by atoms with Crippen molar-refractivity contribution >= 4 is 27.5 Å². The van der Waals surface area contributed by atoms with Crippen molar-refractivity contribution < 1.29 is 0 Å². The third-order valence-electron chi connectivity index (χ3n) is 1.50. The van der Waals surface area contributed by atoms with E-state index in [1.165, 1.54) is 12.8 Å². The van der Waals surface area contributed by atoms with E-state index >= 15 is 0 Å². The van der Waals surface area contributed by atoms with Gasteiger partial charge in [-0.3, -0.25) is 0 Å². The fourth-order valence-corrected chi connectivity index (χ4v) is 1.38. The second-order valence-electron chi connectivity index (χ2n) is 2.65. The molecule has 0 aliphatic carbocycles. The predicted molar refractivity (Wildman–Crippen MR) is 60.0 cm³/mol. The maximum absolute atomic E-state index is 5.53. The first-order chi connectivity index (χ1) is 5.91. The molecule has 0 amide bonds. The van der Waals surface area contributed by atoms with Crippen molar-refractivity contribution in [3.8, 4) is 11.8 Å². The molecular formula is C10H16BrCl. The van der Waals surface area contributed by atoms with Crippen molar-refractivity contribution in [3.05, 3.63) is 0 Å².